The van der Waals surface area contributed by atoms with Gasteiger partial charge in [-0.1, -0.05) is 12.7 Å². The summed E-state index contributed by atoms with van der Waals surface area (Å²) in [7, 11) is 0. The third-order valence-electron chi connectivity index (χ3n) is 1.43. The first-order valence-corrected chi connectivity index (χ1v) is 3.96. The number of ether oxygens (including phenoxy) is 1. The van der Waals surface area contributed by atoms with Crippen LogP contribution < -0.4 is 5.32 Å². The van der Waals surface area contributed by atoms with Gasteiger partial charge in [0.1, 0.15) is 18.0 Å². The number of nitrogens with one attached hydrogen (secondary N) is 2. The van der Waals surface area contributed by atoms with E-state index in [9.17, 15) is 9.59 Å². The third kappa shape index (κ3) is 2.83. The van der Waals surface area contributed by atoms with Crippen molar-refractivity contribution in [3.05, 3.63) is 24.4 Å². The van der Waals surface area contributed by atoms with E-state index < -0.39 is 12.1 Å². The number of aromatic nitrogens is 2. The lowest BCUT2D eigenvalue weighted by Gasteiger charge is -2.03. The van der Waals surface area contributed by atoms with Crippen molar-refractivity contribution in [1.82, 2.24) is 10.2 Å². The Morgan fingerprint density at radius 1 is 1.73 bits per heavy atom. The predicted octanol–water partition coefficient (Wildman–Crippen LogP) is 0.842. The first-order chi connectivity index (χ1) is 7.15. The lowest BCUT2D eigenvalue weighted by atomic mass is 10.3. The standard InChI is InChI=1S/C8H9N3O4/c1-2-3-15-8(14)10-6-5(7(12)13)4-9-11-6/h2,4H,1,3H2,(H,12,13)(H2,9,10,11,14). The van der Waals surface area contributed by atoms with E-state index in [0.717, 1.165) is 6.20 Å². The predicted molar refractivity (Wildman–Crippen MR) is 50.7 cm³/mol. The van der Waals surface area contributed by atoms with Gasteiger partial charge in [-0.15, -0.1) is 0 Å². The molecule has 0 spiro atoms. The molecule has 0 saturated carbocycles. The average molecular weight is 211 g/mol. The van der Waals surface area contributed by atoms with E-state index in [0.29, 0.717) is 0 Å². The fourth-order valence-electron chi connectivity index (χ4n) is 0.816. The molecule has 1 heterocycles. The minimum atomic E-state index is -1.19. The lowest BCUT2D eigenvalue weighted by Crippen LogP contribution is -2.15. The van der Waals surface area contributed by atoms with E-state index in [1.807, 2.05) is 0 Å². The maximum atomic E-state index is 11.0. The van der Waals surface area contributed by atoms with E-state index >= 15 is 0 Å². The Labute approximate surface area is 84.7 Å². The zero-order valence-corrected chi connectivity index (χ0v) is 7.69. The monoisotopic (exact) mass is 211 g/mol. The molecule has 7 nitrogen and oxygen atoms in total. The number of carbonyl (C=O) groups excluding carboxylic acids is 1. The van der Waals surface area contributed by atoms with E-state index in [1.165, 1.54) is 6.08 Å². The summed E-state index contributed by atoms with van der Waals surface area (Å²) in [4.78, 5) is 21.6. The Morgan fingerprint density at radius 3 is 3.07 bits per heavy atom. The zero-order valence-electron chi connectivity index (χ0n) is 7.69. The van der Waals surface area contributed by atoms with Crippen LogP contribution in [0.1, 0.15) is 10.4 Å². The molecular formula is C8H9N3O4. The molecule has 1 aromatic rings. The molecule has 3 N–H and O–H groups in total. The first kappa shape index (κ1) is 10.8. The molecule has 0 aliphatic carbocycles. The number of rotatable bonds is 4. The zero-order chi connectivity index (χ0) is 11.3. The quantitative estimate of drug-likeness (QED) is 0.640. The summed E-state index contributed by atoms with van der Waals surface area (Å²) in [6.45, 7) is 3.40. The molecule has 0 aliphatic rings. The normalized spacial score (nSPS) is 9.33. The van der Waals surface area contributed by atoms with Gasteiger partial charge < -0.3 is 9.84 Å². The van der Waals surface area contributed by atoms with Crippen LogP contribution in [-0.4, -0.2) is 34.0 Å². The Morgan fingerprint density at radius 2 is 2.47 bits per heavy atom. The van der Waals surface area contributed by atoms with Crippen molar-refractivity contribution in [2.75, 3.05) is 11.9 Å². The van der Waals surface area contributed by atoms with E-state index in [1.54, 1.807) is 0 Å². The van der Waals surface area contributed by atoms with Gasteiger partial charge in [0.2, 0.25) is 0 Å². The largest absolute Gasteiger partial charge is 0.477 e. The van der Waals surface area contributed by atoms with Gasteiger partial charge >= 0.3 is 12.1 Å². The van der Waals surface area contributed by atoms with Gasteiger partial charge in [-0.25, -0.2) is 9.59 Å². The summed E-state index contributed by atoms with van der Waals surface area (Å²) in [5.41, 5.74) is -0.134. The van der Waals surface area contributed by atoms with Gasteiger partial charge in [0.15, 0.2) is 0 Å². The number of amides is 1. The molecule has 1 aromatic heterocycles. The SMILES string of the molecule is C=CCOC(=O)Nc1[nH]ncc1C(=O)O. The summed E-state index contributed by atoms with van der Waals surface area (Å²) >= 11 is 0. The van der Waals surface area contributed by atoms with Crippen LogP contribution in [0.2, 0.25) is 0 Å². The fourth-order valence-corrected chi connectivity index (χ4v) is 0.816. The second kappa shape index (κ2) is 4.80. The highest BCUT2D eigenvalue weighted by Crippen LogP contribution is 2.10. The Bertz CT molecular complexity index is 385. The van der Waals surface area contributed by atoms with E-state index in [2.05, 4.69) is 26.8 Å². The molecule has 0 radical (unpaired) electrons. The minimum Gasteiger partial charge on any atom is -0.477 e. The van der Waals surface area contributed by atoms with Crippen molar-refractivity contribution in [3.63, 3.8) is 0 Å². The van der Waals surface area contributed by atoms with Gasteiger partial charge in [0, 0.05) is 0 Å². The van der Waals surface area contributed by atoms with Crippen LogP contribution in [0, 0.1) is 0 Å². The van der Waals surface area contributed by atoms with E-state index in [4.69, 9.17) is 5.11 Å². The molecule has 0 bridgehead atoms. The number of carboxylic acids is 1. The molecular weight excluding hydrogens is 202 g/mol. The van der Waals surface area contributed by atoms with Crippen LogP contribution in [-0.2, 0) is 4.74 Å². The number of carbonyl (C=O) groups is 2. The summed E-state index contributed by atoms with van der Waals surface area (Å²) in [5.74, 6) is -1.21. The molecule has 0 unspecified atom stereocenters. The molecule has 0 aromatic carbocycles. The molecule has 1 rings (SSSR count). The first-order valence-electron chi connectivity index (χ1n) is 3.96. The van der Waals surface area contributed by atoms with Gasteiger partial charge in [0.05, 0.1) is 6.20 Å². The van der Waals surface area contributed by atoms with Gasteiger partial charge in [0.25, 0.3) is 0 Å². The Hall–Kier alpha value is -2.31. The number of nitrogens with zero attached hydrogens (tertiary/aromatic N) is 1. The molecule has 15 heavy (non-hydrogen) atoms. The van der Waals surface area contributed by atoms with Crippen LogP contribution in [0.4, 0.5) is 10.6 Å². The number of aromatic carboxylic acids is 1. The van der Waals surface area contributed by atoms with Crippen molar-refractivity contribution >= 4 is 17.9 Å². The molecule has 80 valence electrons. The number of H-pyrrole nitrogens is 1. The molecule has 1 amide bonds. The van der Waals surface area contributed by atoms with Crippen molar-refractivity contribution in [2.24, 2.45) is 0 Å². The van der Waals surface area contributed by atoms with Crippen LogP contribution in [0.15, 0.2) is 18.9 Å². The highest BCUT2D eigenvalue weighted by atomic mass is 16.5. The Balaban J connectivity index is 2.64. The maximum Gasteiger partial charge on any atom is 0.413 e. The van der Waals surface area contributed by atoms with E-state index in [-0.39, 0.29) is 18.0 Å². The summed E-state index contributed by atoms with van der Waals surface area (Å²) < 4.78 is 4.59. The highest BCUT2D eigenvalue weighted by Gasteiger charge is 2.14. The minimum absolute atomic E-state index is 0.0171. The highest BCUT2D eigenvalue weighted by molar-refractivity contribution is 5.97. The lowest BCUT2D eigenvalue weighted by molar-refractivity contribution is 0.0698. The average Bonchev–Trinajstić information content (AvgIpc) is 2.62. The number of hydrogen-bond donors (Lipinski definition) is 3. The second-order valence-corrected chi connectivity index (χ2v) is 2.48. The molecule has 0 saturated heterocycles. The van der Waals surface area contributed by atoms with Crippen molar-refractivity contribution in [3.8, 4) is 0 Å². The van der Waals surface area contributed by atoms with Crippen LogP contribution in [0.3, 0.4) is 0 Å². The van der Waals surface area contributed by atoms with Crippen molar-refractivity contribution in [1.29, 1.82) is 0 Å². The van der Waals surface area contributed by atoms with Gasteiger partial charge in [-0.2, -0.15) is 5.10 Å². The smallest absolute Gasteiger partial charge is 0.413 e. The third-order valence-corrected chi connectivity index (χ3v) is 1.43. The fraction of sp³-hybridized carbons (Fsp3) is 0.125. The molecule has 7 heteroatoms. The summed E-state index contributed by atoms with van der Waals surface area (Å²) in [6, 6.07) is 0. The van der Waals surface area contributed by atoms with Gasteiger partial charge in [-0.3, -0.25) is 10.4 Å². The summed E-state index contributed by atoms with van der Waals surface area (Å²) in [5, 5.41) is 16.7. The van der Waals surface area contributed by atoms with Crippen LogP contribution in [0.5, 0.6) is 0 Å². The number of anilines is 1. The van der Waals surface area contributed by atoms with Crippen LogP contribution in [0.25, 0.3) is 0 Å². The number of hydrogen-bond acceptors (Lipinski definition) is 4. The number of carboxylic acid groups (broad SMARTS) is 1. The van der Waals surface area contributed by atoms with Crippen LogP contribution >= 0.6 is 0 Å². The van der Waals surface area contributed by atoms with Crippen molar-refractivity contribution in [2.45, 2.75) is 0 Å². The van der Waals surface area contributed by atoms with Crippen molar-refractivity contribution < 1.29 is 19.4 Å². The molecule has 0 fully saturated rings. The van der Waals surface area contributed by atoms with Gasteiger partial charge in [-0.05, 0) is 0 Å². The molecule has 0 atom stereocenters. The number of aromatic amines is 1. The summed E-state index contributed by atoms with van der Waals surface area (Å²) in [6.07, 6.45) is 1.71. The molecule has 0 aliphatic heterocycles. The Kier molecular flexibility index (Phi) is 3.44. The maximum absolute atomic E-state index is 11.0. The second-order valence-electron chi connectivity index (χ2n) is 2.48. The topological polar surface area (TPSA) is 104 Å².